The number of fused-ring (bicyclic) bond motifs is 1. The molecule has 0 saturated carbocycles. The van der Waals surface area contributed by atoms with Crippen LogP contribution in [0, 0.1) is 12.8 Å². The van der Waals surface area contributed by atoms with E-state index >= 15 is 0 Å². The Hall–Kier alpha value is -2.24. The number of halogens is 2. The van der Waals surface area contributed by atoms with Crippen molar-refractivity contribution < 1.29 is 8.78 Å². The molecule has 1 saturated heterocycles. The molecule has 0 aromatic carbocycles. The molecule has 4 nitrogen and oxygen atoms in total. The normalized spacial score (nSPS) is 24.9. The van der Waals surface area contributed by atoms with E-state index in [1.54, 1.807) is 10.7 Å². The highest BCUT2D eigenvalue weighted by atomic mass is 19.1. The first kappa shape index (κ1) is 14.4. The summed E-state index contributed by atoms with van der Waals surface area (Å²) in [6.45, 7) is 2.78. The lowest BCUT2D eigenvalue weighted by Crippen LogP contribution is -2.37. The summed E-state index contributed by atoms with van der Waals surface area (Å²) in [5.41, 5.74) is 1.80. The highest BCUT2D eigenvalue weighted by Crippen LogP contribution is 2.38. The molecule has 0 amide bonds. The summed E-state index contributed by atoms with van der Waals surface area (Å²) in [6.07, 6.45) is 8.08. The lowest BCUT2D eigenvalue weighted by Gasteiger charge is -2.32. The van der Waals surface area contributed by atoms with Crippen molar-refractivity contribution in [1.82, 2.24) is 14.6 Å². The van der Waals surface area contributed by atoms with Gasteiger partial charge in [0.15, 0.2) is 5.65 Å². The number of hydrogen-bond acceptors (Lipinski definition) is 3. The van der Waals surface area contributed by atoms with Crippen LogP contribution in [0.2, 0.25) is 0 Å². The third-order valence-corrected chi connectivity index (χ3v) is 4.78. The van der Waals surface area contributed by atoms with Crippen molar-refractivity contribution in [2.75, 3.05) is 11.4 Å². The van der Waals surface area contributed by atoms with E-state index in [1.807, 2.05) is 19.2 Å². The number of hydrogen-bond donors (Lipinski definition) is 0. The molecule has 2 aromatic rings. The van der Waals surface area contributed by atoms with E-state index in [9.17, 15) is 8.78 Å². The fourth-order valence-corrected chi connectivity index (χ4v) is 3.62. The second kappa shape index (κ2) is 5.44. The van der Waals surface area contributed by atoms with Crippen LogP contribution in [0.15, 0.2) is 42.3 Å². The number of anilines is 1. The molecular weight excluding hydrogens is 298 g/mol. The molecule has 2 aliphatic rings. The average molecular weight is 316 g/mol. The summed E-state index contributed by atoms with van der Waals surface area (Å²) in [5, 5.41) is 4.23. The molecular formula is C17H18F2N4. The van der Waals surface area contributed by atoms with Crippen LogP contribution in [0.5, 0.6) is 0 Å². The summed E-state index contributed by atoms with van der Waals surface area (Å²) in [4.78, 5) is 6.80. The Morgan fingerprint density at radius 3 is 3.00 bits per heavy atom. The van der Waals surface area contributed by atoms with Gasteiger partial charge < -0.3 is 4.90 Å². The van der Waals surface area contributed by atoms with Gasteiger partial charge in [0.05, 0.1) is 6.20 Å². The third kappa shape index (κ3) is 2.42. The van der Waals surface area contributed by atoms with Gasteiger partial charge in [0.25, 0.3) is 0 Å². The molecule has 0 spiro atoms. The lowest BCUT2D eigenvalue weighted by molar-refractivity contribution is 0.361. The minimum Gasteiger partial charge on any atom is -0.353 e. The Morgan fingerprint density at radius 1 is 1.26 bits per heavy atom. The van der Waals surface area contributed by atoms with Crippen LogP contribution >= 0.6 is 0 Å². The molecule has 1 fully saturated rings. The molecule has 6 heteroatoms. The fourth-order valence-electron chi connectivity index (χ4n) is 3.62. The van der Waals surface area contributed by atoms with Gasteiger partial charge in [-0.05, 0) is 38.0 Å². The quantitative estimate of drug-likeness (QED) is 0.846. The molecule has 3 heterocycles. The van der Waals surface area contributed by atoms with E-state index in [-0.39, 0.29) is 24.1 Å². The highest BCUT2D eigenvalue weighted by molar-refractivity contribution is 5.53. The van der Waals surface area contributed by atoms with Crippen molar-refractivity contribution in [3.63, 3.8) is 0 Å². The predicted octanol–water partition coefficient (Wildman–Crippen LogP) is 3.73. The topological polar surface area (TPSA) is 33.4 Å². The average Bonchev–Trinajstić information content (AvgIpc) is 3.17. The Bertz CT molecular complexity index is 808. The monoisotopic (exact) mass is 316 g/mol. The lowest BCUT2D eigenvalue weighted by atomic mass is 9.89. The van der Waals surface area contributed by atoms with Crippen LogP contribution in [0.4, 0.5) is 14.6 Å². The third-order valence-electron chi connectivity index (χ3n) is 4.78. The molecule has 1 aliphatic heterocycles. The maximum Gasteiger partial charge on any atom is 0.160 e. The van der Waals surface area contributed by atoms with Gasteiger partial charge in [0.2, 0.25) is 0 Å². The number of nitrogens with zero attached hydrogens (tertiary/aromatic N) is 4. The second-order valence-corrected chi connectivity index (χ2v) is 6.26. The smallest absolute Gasteiger partial charge is 0.160 e. The molecule has 0 bridgehead atoms. The minimum atomic E-state index is -0.425. The standard InChI is InChI=1S/C17H18F2N4/c1-11-10-20-23-8-6-16(21-17(11)23)22-7-2-3-15(22)13-9-12(18)4-5-14(13)19/h4-6,8,10,13,15H,2-3,7,9H2,1H3/t13-,15?/m0/s1. The fraction of sp³-hybridized carbons (Fsp3) is 0.412. The predicted molar refractivity (Wildman–Crippen MR) is 84.6 cm³/mol. The molecule has 0 N–H and O–H groups in total. The molecule has 1 aliphatic carbocycles. The van der Waals surface area contributed by atoms with E-state index in [0.29, 0.717) is 0 Å². The maximum absolute atomic E-state index is 14.2. The molecule has 1 unspecified atom stereocenters. The van der Waals surface area contributed by atoms with Crippen LogP contribution < -0.4 is 4.90 Å². The largest absolute Gasteiger partial charge is 0.353 e. The molecule has 120 valence electrons. The van der Waals surface area contributed by atoms with Gasteiger partial charge in [-0.15, -0.1) is 0 Å². The minimum absolute atomic E-state index is 0.0520. The van der Waals surface area contributed by atoms with Gasteiger partial charge in [0.1, 0.15) is 17.5 Å². The van der Waals surface area contributed by atoms with E-state index in [1.165, 1.54) is 12.2 Å². The zero-order valence-electron chi connectivity index (χ0n) is 12.9. The molecule has 4 rings (SSSR count). The van der Waals surface area contributed by atoms with E-state index in [2.05, 4.69) is 15.0 Å². The van der Waals surface area contributed by atoms with Crippen molar-refractivity contribution in [3.05, 3.63) is 47.8 Å². The molecule has 2 atom stereocenters. The first-order valence-corrected chi connectivity index (χ1v) is 7.93. The molecule has 0 radical (unpaired) electrons. The molecule has 2 aromatic heterocycles. The van der Waals surface area contributed by atoms with Crippen molar-refractivity contribution >= 4 is 11.5 Å². The van der Waals surface area contributed by atoms with E-state index in [4.69, 9.17) is 0 Å². The van der Waals surface area contributed by atoms with E-state index in [0.717, 1.165) is 36.4 Å². The SMILES string of the molecule is Cc1cnn2ccc(N3CCCC3[C@H]3CC(F)=CC=C3F)nc12. The Kier molecular flexibility index (Phi) is 3.39. The Balaban J connectivity index is 1.68. The molecule has 23 heavy (non-hydrogen) atoms. The number of rotatable bonds is 2. The van der Waals surface area contributed by atoms with Crippen LogP contribution in [0.1, 0.15) is 24.8 Å². The van der Waals surface area contributed by atoms with Gasteiger partial charge in [-0.1, -0.05) is 0 Å². The maximum atomic E-state index is 14.2. The van der Waals surface area contributed by atoms with Crippen molar-refractivity contribution in [1.29, 1.82) is 0 Å². The van der Waals surface area contributed by atoms with Crippen molar-refractivity contribution in [2.45, 2.75) is 32.2 Å². The number of allylic oxidation sites excluding steroid dienone is 3. The van der Waals surface area contributed by atoms with Crippen LogP contribution in [0.25, 0.3) is 5.65 Å². The zero-order valence-corrected chi connectivity index (χ0v) is 12.9. The van der Waals surface area contributed by atoms with E-state index < -0.39 is 5.92 Å². The zero-order chi connectivity index (χ0) is 16.0. The Morgan fingerprint density at radius 2 is 2.13 bits per heavy atom. The summed E-state index contributed by atoms with van der Waals surface area (Å²) in [7, 11) is 0. The van der Waals surface area contributed by atoms with Gasteiger partial charge in [-0.25, -0.2) is 18.3 Å². The number of aryl methyl sites for hydroxylation is 1. The van der Waals surface area contributed by atoms with Crippen molar-refractivity contribution in [3.8, 4) is 0 Å². The van der Waals surface area contributed by atoms with Crippen LogP contribution in [0.3, 0.4) is 0 Å². The first-order valence-electron chi connectivity index (χ1n) is 7.93. The number of aromatic nitrogens is 3. The van der Waals surface area contributed by atoms with Gasteiger partial charge in [-0.2, -0.15) is 5.10 Å². The van der Waals surface area contributed by atoms with Crippen LogP contribution in [-0.2, 0) is 0 Å². The van der Waals surface area contributed by atoms with Gasteiger partial charge in [0, 0.05) is 36.7 Å². The van der Waals surface area contributed by atoms with Gasteiger partial charge in [-0.3, -0.25) is 0 Å². The summed E-state index contributed by atoms with van der Waals surface area (Å²) in [5.74, 6) is -0.0962. The summed E-state index contributed by atoms with van der Waals surface area (Å²) in [6, 6.07) is 1.85. The summed E-state index contributed by atoms with van der Waals surface area (Å²) >= 11 is 0. The Labute approximate surface area is 133 Å². The first-order chi connectivity index (χ1) is 11.1. The second-order valence-electron chi connectivity index (χ2n) is 6.26. The van der Waals surface area contributed by atoms with Crippen LogP contribution in [-0.4, -0.2) is 27.2 Å². The highest BCUT2D eigenvalue weighted by Gasteiger charge is 2.36. The summed E-state index contributed by atoms with van der Waals surface area (Å²) < 4.78 is 29.6. The van der Waals surface area contributed by atoms with Gasteiger partial charge >= 0.3 is 0 Å². The van der Waals surface area contributed by atoms with Crippen molar-refractivity contribution in [2.24, 2.45) is 5.92 Å².